The summed E-state index contributed by atoms with van der Waals surface area (Å²) in [5.41, 5.74) is -0.606. The van der Waals surface area contributed by atoms with E-state index >= 15 is 0 Å². The molecule has 2 aliphatic rings. The molecule has 0 unspecified atom stereocenters. The van der Waals surface area contributed by atoms with Crippen molar-refractivity contribution in [3.05, 3.63) is 47.0 Å². The second-order valence-corrected chi connectivity index (χ2v) is 12.7. The lowest BCUT2D eigenvalue weighted by atomic mass is 10.0. The van der Waals surface area contributed by atoms with Crippen LogP contribution in [0.3, 0.4) is 0 Å². The van der Waals surface area contributed by atoms with Gasteiger partial charge >= 0.3 is 6.18 Å². The van der Waals surface area contributed by atoms with Crippen LogP contribution in [0.2, 0.25) is 0 Å². The van der Waals surface area contributed by atoms with Crippen LogP contribution in [0.5, 0.6) is 0 Å². The average molecular weight is 639 g/mol. The van der Waals surface area contributed by atoms with Gasteiger partial charge in [-0.3, -0.25) is 19.2 Å². The van der Waals surface area contributed by atoms with Crippen molar-refractivity contribution in [1.29, 1.82) is 0 Å². The van der Waals surface area contributed by atoms with Gasteiger partial charge in [0, 0.05) is 67.6 Å². The third-order valence-corrected chi connectivity index (χ3v) is 9.16. The van der Waals surface area contributed by atoms with Crippen LogP contribution in [-0.2, 0) is 15.8 Å². The van der Waals surface area contributed by atoms with Gasteiger partial charge in [0.1, 0.15) is 0 Å². The predicted octanol–water partition coefficient (Wildman–Crippen LogP) is 6.93. The first-order valence-electron chi connectivity index (χ1n) is 14.8. The smallest absolute Gasteiger partial charge is 0.303 e. The van der Waals surface area contributed by atoms with Crippen LogP contribution < -0.4 is 10.2 Å². The highest BCUT2D eigenvalue weighted by molar-refractivity contribution is 7.15. The maximum absolute atomic E-state index is 14.1. The van der Waals surface area contributed by atoms with Gasteiger partial charge < -0.3 is 10.2 Å². The number of piperidine rings is 1. The first kappa shape index (κ1) is 32.0. The van der Waals surface area contributed by atoms with E-state index in [1.54, 1.807) is 10.9 Å². The van der Waals surface area contributed by atoms with Gasteiger partial charge in [-0.15, -0.1) is 11.3 Å². The molecule has 1 saturated carbocycles. The molecule has 2 fully saturated rings. The van der Waals surface area contributed by atoms with Crippen LogP contribution in [0.15, 0.2) is 36.5 Å². The molecule has 1 N–H and O–H groups in total. The van der Waals surface area contributed by atoms with Crippen molar-refractivity contribution >= 4 is 34.6 Å². The number of hydrogen-bond donors (Lipinski definition) is 1. The second-order valence-electron chi connectivity index (χ2n) is 11.5. The van der Waals surface area contributed by atoms with E-state index in [4.69, 9.17) is 0 Å². The summed E-state index contributed by atoms with van der Waals surface area (Å²) in [4.78, 5) is 34.0. The highest BCUT2D eigenvalue weighted by Crippen LogP contribution is 2.41. The SMILES string of the molecule is Cc1cnc(NC(=O)C[C@H](CCN2CCC(F)(F)CC2)N(C=O)c2cc(-c3ccccc3C(F)(F)F)n(C3CCCC3)n2)s1. The third-order valence-electron chi connectivity index (χ3n) is 8.33. The van der Waals surface area contributed by atoms with Gasteiger partial charge in [-0.1, -0.05) is 31.0 Å². The van der Waals surface area contributed by atoms with Gasteiger partial charge in [-0.05, 0) is 32.3 Å². The van der Waals surface area contributed by atoms with E-state index in [0.29, 0.717) is 18.1 Å². The zero-order chi connectivity index (χ0) is 31.5. The Morgan fingerprint density at radius 2 is 1.91 bits per heavy atom. The lowest BCUT2D eigenvalue weighted by Crippen LogP contribution is -2.43. The van der Waals surface area contributed by atoms with Crippen molar-refractivity contribution in [3.8, 4) is 11.3 Å². The number of thiazole rings is 1. The standard InChI is InChI=1S/C30H35F5N6O2S/c1-20-18-36-28(44-20)37-27(43)16-22(10-13-39-14-11-29(31,32)12-15-39)40(19-42)26-17-25(41(38-26)21-6-2-3-7-21)23-8-4-5-9-24(23)30(33,34)35/h4-5,8-9,17-19,21-22H,2-3,6-7,10-16H2,1H3,(H,36,37,43)/t22-/m0/s1. The molecule has 1 aliphatic carbocycles. The number of nitrogens with zero attached hydrogens (tertiary/aromatic N) is 5. The Labute approximate surface area is 256 Å². The van der Waals surface area contributed by atoms with Crippen molar-refractivity contribution < 1.29 is 31.5 Å². The molecule has 1 saturated heterocycles. The lowest BCUT2D eigenvalue weighted by molar-refractivity contribution is -0.137. The summed E-state index contributed by atoms with van der Waals surface area (Å²) in [6.45, 7) is 2.56. The minimum Gasteiger partial charge on any atom is -0.303 e. The Balaban J connectivity index is 1.47. The molecule has 0 bridgehead atoms. The normalized spacial score (nSPS) is 18.3. The van der Waals surface area contributed by atoms with E-state index in [1.165, 1.54) is 40.5 Å². The molecule has 1 aromatic carbocycles. The first-order chi connectivity index (χ1) is 20.9. The van der Waals surface area contributed by atoms with E-state index in [-0.39, 0.29) is 61.9 Å². The maximum atomic E-state index is 14.1. The highest BCUT2D eigenvalue weighted by atomic mass is 32.1. The van der Waals surface area contributed by atoms with Gasteiger partial charge in [0.2, 0.25) is 12.3 Å². The van der Waals surface area contributed by atoms with E-state index in [9.17, 15) is 31.5 Å². The molecular formula is C30H35F5N6O2S. The van der Waals surface area contributed by atoms with Crippen LogP contribution in [0, 0.1) is 6.92 Å². The van der Waals surface area contributed by atoms with Crippen molar-refractivity contribution in [2.75, 3.05) is 29.9 Å². The van der Waals surface area contributed by atoms with Crippen LogP contribution in [-0.4, -0.2) is 63.6 Å². The molecule has 1 aliphatic heterocycles. The van der Waals surface area contributed by atoms with Gasteiger partial charge in [0.15, 0.2) is 10.9 Å². The number of aromatic nitrogens is 3. The molecule has 238 valence electrons. The van der Waals surface area contributed by atoms with Crippen LogP contribution in [0.25, 0.3) is 11.3 Å². The van der Waals surface area contributed by atoms with E-state index < -0.39 is 29.6 Å². The Kier molecular flexibility index (Phi) is 9.68. The monoisotopic (exact) mass is 638 g/mol. The average Bonchev–Trinajstić information content (AvgIpc) is 3.74. The number of nitrogens with one attached hydrogen (secondary N) is 1. The third kappa shape index (κ3) is 7.63. The number of carbonyl (C=O) groups excluding carboxylic acids is 2. The first-order valence-corrected chi connectivity index (χ1v) is 15.6. The van der Waals surface area contributed by atoms with Crippen molar-refractivity contribution in [1.82, 2.24) is 19.7 Å². The summed E-state index contributed by atoms with van der Waals surface area (Å²) in [5, 5.41) is 7.83. The summed E-state index contributed by atoms with van der Waals surface area (Å²) in [6, 6.07) is 5.88. The van der Waals surface area contributed by atoms with Gasteiger partial charge in [-0.25, -0.2) is 13.8 Å². The topological polar surface area (TPSA) is 83.4 Å². The fourth-order valence-electron chi connectivity index (χ4n) is 5.99. The number of carbonyl (C=O) groups is 2. The molecule has 5 rings (SSSR count). The highest BCUT2D eigenvalue weighted by Gasteiger charge is 2.37. The summed E-state index contributed by atoms with van der Waals surface area (Å²) in [7, 11) is 0. The van der Waals surface area contributed by atoms with E-state index in [2.05, 4.69) is 15.4 Å². The Bertz CT molecular complexity index is 1440. The molecule has 14 heteroatoms. The van der Waals surface area contributed by atoms with E-state index in [1.807, 2.05) is 11.8 Å². The zero-order valence-corrected chi connectivity index (χ0v) is 25.1. The minimum absolute atomic E-state index is 0.0424. The Hall–Kier alpha value is -3.39. The van der Waals surface area contributed by atoms with Gasteiger partial charge in [0.25, 0.3) is 5.92 Å². The molecule has 0 radical (unpaired) electrons. The quantitative estimate of drug-likeness (QED) is 0.182. The lowest BCUT2D eigenvalue weighted by Gasteiger charge is -2.34. The van der Waals surface area contributed by atoms with Gasteiger partial charge in [-0.2, -0.15) is 18.3 Å². The van der Waals surface area contributed by atoms with Crippen LogP contribution in [0.4, 0.5) is 32.9 Å². The number of benzene rings is 1. The van der Waals surface area contributed by atoms with Crippen LogP contribution >= 0.6 is 11.3 Å². The van der Waals surface area contributed by atoms with Gasteiger partial charge in [0.05, 0.1) is 17.3 Å². The summed E-state index contributed by atoms with van der Waals surface area (Å²) in [6.07, 6.45) is 0.423. The molecule has 8 nitrogen and oxygen atoms in total. The van der Waals surface area contributed by atoms with Crippen LogP contribution in [0.1, 0.15) is 67.8 Å². The summed E-state index contributed by atoms with van der Waals surface area (Å²) in [5.74, 6) is -2.99. The molecule has 0 spiro atoms. The molecule has 1 atom stereocenters. The van der Waals surface area contributed by atoms with E-state index in [0.717, 1.165) is 36.6 Å². The molecule has 2 amide bonds. The summed E-state index contributed by atoms with van der Waals surface area (Å²) < 4.78 is 71.3. The van der Waals surface area contributed by atoms with Crippen molar-refractivity contribution in [2.24, 2.45) is 0 Å². The Morgan fingerprint density at radius 1 is 1.20 bits per heavy atom. The molecule has 3 aromatic rings. The number of alkyl halides is 5. The summed E-state index contributed by atoms with van der Waals surface area (Å²) >= 11 is 1.30. The maximum Gasteiger partial charge on any atom is 0.417 e. The number of rotatable bonds is 11. The molecule has 44 heavy (non-hydrogen) atoms. The zero-order valence-electron chi connectivity index (χ0n) is 24.3. The largest absolute Gasteiger partial charge is 0.417 e. The number of anilines is 2. The number of halogens is 5. The Morgan fingerprint density at radius 3 is 2.55 bits per heavy atom. The number of amides is 2. The molecule has 2 aromatic heterocycles. The predicted molar refractivity (Wildman–Crippen MR) is 158 cm³/mol. The number of likely N-dealkylation sites (tertiary alicyclic amines) is 1. The molecule has 3 heterocycles. The van der Waals surface area contributed by atoms with Crippen molar-refractivity contribution in [3.63, 3.8) is 0 Å². The number of aryl methyl sites for hydroxylation is 1. The second kappa shape index (κ2) is 13.3. The number of hydrogen-bond acceptors (Lipinski definition) is 6. The fraction of sp³-hybridized carbons (Fsp3) is 0.533. The minimum atomic E-state index is -4.61. The molecular weight excluding hydrogens is 603 g/mol. The fourth-order valence-corrected chi connectivity index (χ4v) is 6.67. The van der Waals surface area contributed by atoms with Crippen molar-refractivity contribution in [2.45, 2.75) is 82.5 Å².